The van der Waals surface area contributed by atoms with Crippen molar-refractivity contribution >= 4 is 21.6 Å². The standard InChI is InChI=1S/C16H21N5O2S/c1-2-20-8-10-21(11-9-20)16-18-12-14(15(17)19-16)24(22,23)13-6-4-3-5-7-13/h3-7,12H,2,8-11H2,1H3,(H2,17,18,19). The first-order valence-corrected chi connectivity index (χ1v) is 9.40. The summed E-state index contributed by atoms with van der Waals surface area (Å²) in [5.74, 6) is 0.469. The van der Waals surface area contributed by atoms with E-state index in [0.29, 0.717) is 5.95 Å². The van der Waals surface area contributed by atoms with Crippen LogP contribution in [0.2, 0.25) is 0 Å². The van der Waals surface area contributed by atoms with E-state index in [4.69, 9.17) is 5.73 Å². The van der Waals surface area contributed by atoms with Crippen molar-refractivity contribution in [2.75, 3.05) is 43.4 Å². The lowest BCUT2D eigenvalue weighted by atomic mass is 10.3. The second kappa shape index (κ2) is 6.74. The monoisotopic (exact) mass is 347 g/mol. The molecule has 1 aromatic heterocycles. The van der Waals surface area contributed by atoms with Gasteiger partial charge in [0.1, 0.15) is 10.7 Å². The van der Waals surface area contributed by atoms with Gasteiger partial charge in [-0.1, -0.05) is 25.1 Å². The Balaban J connectivity index is 1.86. The third-order valence-corrected chi connectivity index (χ3v) is 6.00. The molecule has 128 valence electrons. The van der Waals surface area contributed by atoms with Crippen molar-refractivity contribution in [3.8, 4) is 0 Å². The van der Waals surface area contributed by atoms with Crippen LogP contribution in [-0.4, -0.2) is 56.0 Å². The molecule has 1 aromatic carbocycles. The first-order chi connectivity index (χ1) is 11.5. The number of sulfone groups is 1. The van der Waals surface area contributed by atoms with E-state index in [1.807, 2.05) is 4.90 Å². The average molecular weight is 347 g/mol. The van der Waals surface area contributed by atoms with Crippen molar-refractivity contribution in [1.82, 2.24) is 14.9 Å². The fraction of sp³-hybridized carbons (Fsp3) is 0.375. The Labute approximate surface area is 142 Å². The van der Waals surface area contributed by atoms with Crippen LogP contribution in [0.4, 0.5) is 11.8 Å². The van der Waals surface area contributed by atoms with E-state index in [9.17, 15) is 8.42 Å². The summed E-state index contributed by atoms with van der Waals surface area (Å²) in [6, 6.07) is 8.17. The Hall–Kier alpha value is -2.19. The molecular weight excluding hydrogens is 326 g/mol. The summed E-state index contributed by atoms with van der Waals surface area (Å²) in [7, 11) is -3.71. The zero-order valence-corrected chi connectivity index (χ0v) is 14.4. The van der Waals surface area contributed by atoms with Crippen molar-refractivity contribution in [2.45, 2.75) is 16.7 Å². The van der Waals surface area contributed by atoms with E-state index in [-0.39, 0.29) is 15.6 Å². The van der Waals surface area contributed by atoms with Crippen molar-refractivity contribution in [1.29, 1.82) is 0 Å². The van der Waals surface area contributed by atoms with Gasteiger partial charge in [0.25, 0.3) is 0 Å². The maximum Gasteiger partial charge on any atom is 0.227 e. The molecule has 1 aliphatic rings. The van der Waals surface area contributed by atoms with E-state index in [2.05, 4.69) is 21.8 Å². The first-order valence-electron chi connectivity index (χ1n) is 7.92. The Morgan fingerprint density at radius 2 is 1.79 bits per heavy atom. The van der Waals surface area contributed by atoms with Crippen molar-refractivity contribution in [3.63, 3.8) is 0 Å². The first kappa shape index (κ1) is 16.7. The van der Waals surface area contributed by atoms with Crippen LogP contribution in [0.3, 0.4) is 0 Å². The molecule has 0 unspecified atom stereocenters. The summed E-state index contributed by atoms with van der Waals surface area (Å²) >= 11 is 0. The number of rotatable bonds is 4. The fourth-order valence-electron chi connectivity index (χ4n) is 2.72. The summed E-state index contributed by atoms with van der Waals surface area (Å²) in [4.78, 5) is 13.0. The van der Waals surface area contributed by atoms with Gasteiger partial charge >= 0.3 is 0 Å². The molecule has 24 heavy (non-hydrogen) atoms. The van der Waals surface area contributed by atoms with Gasteiger partial charge in [-0.25, -0.2) is 13.4 Å². The highest BCUT2D eigenvalue weighted by molar-refractivity contribution is 7.91. The molecule has 2 aromatic rings. The Morgan fingerprint density at radius 1 is 1.12 bits per heavy atom. The van der Waals surface area contributed by atoms with Gasteiger partial charge < -0.3 is 15.5 Å². The molecule has 0 spiro atoms. The predicted molar refractivity (Wildman–Crippen MR) is 92.7 cm³/mol. The van der Waals surface area contributed by atoms with Gasteiger partial charge in [-0.05, 0) is 18.7 Å². The highest BCUT2D eigenvalue weighted by Crippen LogP contribution is 2.25. The Bertz CT molecular complexity index is 802. The molecule has 7 nitrogen and oxygen atoms in total. The minimum Gasteiger partial charge on any atom is -0.382 e. The normalized spacial score (nSPS) is 16.3. The molecule has 0 atom stereocenters. The van der Waals surface area contributed by atoms with Crippen LogP contribution in [0, 0.1) is 0 Å². The third-order valence-electron chi connectivity index (χ3n) is 4.22. The van der Waals surface area contributed by atoms with Crippen LogP contribution < -0.4 is 10.6 Å². The van der Waals surface area contributed by atoms with E-state index in [0.717, 1.165) is 32.7 Å². The predicted octanol–water partition coefficient (Wildman–Crippen LogP) is 1.03. The minimum absolute atomic E-state index is 0.0122. The van der Waals surface area contributed by atoms with Crippen LogP contribution in [0.25, 0.3) is 0 Å². The molecular formula is C16H21N5O2S. The molecule has 0 aliphatic carbocycles. The second-order valence-corrected chi connectivity index (χ2v) is 7.58. The van der Waals surface area contributed by atoms with Gasteiger partial charge in [-0.15, -0.1) is 0 Å². The van der Waals surface area contributed by atoms with Crippen LogP contribution >= 0.6 is 0 Å². The molecule has 8 heteroatoms. The summed E-state index contributed by atoms with van der Waals surface area (Å²) in [6.07, 6.45) is 1.31. The second-order valence-electron chi connectivity index (χ2n) is 5.66. The lowest BCUT2D eigenvalue weighted by molar-refractivity contribution is 0.270. The smallest absolute Gasteiger partial charge is 0.227 e. The summed E-state index contributed by atoms with van der Waals surface area (Å²) in [5.41, 5.74) is 5.94. The summed E-state index contributed by atoms with van der Waals surface area (Å²) in [6.45, 7) is 6.63. The molecule has 1 aliphatic heterocycles. The number of nitrogens with two attached hydrogens (primary N) is 1. The SMILES string of the molecule is CCN1CCN(c2ncc(S(=O)(=O)c3ccccc3)c(N)n2)CC1. The lowest BCUT2D eigenvalue weighted by Gasteiger charge is -2.34. The van der Waals surface area contributed by atoms with Crippen LogP contribution in [0.1, 0.15) is 6.92 Å². The number of hydrogen-bond donors (Lipinski definition) is 1. The molecule has 1 saturated heterocycles. The molecule has 0 saturated carbocycles. The van der Waals surface area contributed by atoms with Crippen molar-refractivity contribution in [2.24, 2.45) is 0 Å². The van der Waals surface area contributed by atoms with Crippen molar-refractivity contribution < 1.29 is 8.42 Å². The third kappa shape index (κ3) is 3.20. The van der Waals surface area contributed by atoms with Gasteiger partial charge in [0.05, 0.1) is 11.1 Å². The molecule has 0 amide bonds. The van der Waals surface area contributed by atoms with E-state index < -0.39 is 9.84 Å². The Morgan fingerprint density at radius 3 is 2.38 bits per heavy atom. The molecule has 2 N–H and O–H groups in total. The van der Waals surface area contributed by atoms with Crippen molar-refractivity contribution in [3.05, 3.63) is 36.5 Å². The number of benzene rings is 1. The summed E-state index contributed by atoms with van der Waals surface area (Å²) in [5, 5.41) is 0. The van der Waals surface area contributed by atoms with E-state index >= 15 is 0 Å². The highest BCUT2D eigenvalue weighted by Gasteiger charge is 2.24. The maximum atomic E-state index is 12.6. The topological polar surface area (TPSA) is 92.4 Å². The van der Waals surface area contributed by atoms with Crippen LogP contribution in [-0.2, 0) is 9.84 Å². The number of nitrogens with zero attached hydrogens (tertiary/aromatic N) is 4. The molecule has 3 rings (SSSR count). The van der Waals surface area contributed by atoms with Crippen LogP contribution in [0.15, 0.2) is 46.3 Å². The number of aromatic nitrogens is 2. The molecule has 0 bridgehead atoms. The number of nitrogen functional groups attached to an aromatic ring is 1. The number of likely N-dealkylation sites (N-methyl/N-ethyl adjacent to an activating group) is 1. The number of hydrogen-bond acceptors (Lipinski definition) is 7. The fourth-order valence-corrected chi connectivity index (χ4v) is 4.01. The zero-order chi connectivity index (χ0) is 17.2. The van der Waals surface area contributed by atoms with Gasteiger partial charge in [-0.2, -0.15) is 4.98 Å². The Kier molecular flexibility index (Phi) is 4.68. The largest absolute Gasteiger partial charge is 0.382 e. The lowest BCUT2D eigenvalue weighted by Crippen LogP contribution is -2.46. The molecule has 0 radical (unpaired) electrons. The highest BCUT2D eigenvalue weighted by atomic mass is 32.2. The maximum absolute atomic E-state index is 12.6. The average Bonchev–Trinajstić information content (AvgIpc) is 2.62. The van der Waals surface area contributed by atoms with E-state index in [1.165, 1.54) is 18.3 Å². The van der Waals surface area contributed by atoms with Gasteiger partial charge in [0, 0.05) is 26.2 Å². The molecule has 2 heterocycles. The van der Waals surface area contributed by atoms with Crippen LogP contribution in [0.5, 0.6) is 0 Å². The number of anilines is 2. The quantitative estimate of drug-likeness (QED) is 0.883. The number of piperazine rings is 1. The van der Waals surface area contributed by atoms with Gasteiger partial charge in [0.15, 0.2) is 0 Å². The molecule has 1 fully saturated rings. The van der Waals surface area contributed by atoms with E-state index in [1.54, 1.807) is 18.2 Å². The summed E-state index contributed by atoms with van der Waals surface area (Å²) < 4.78 is 25.3. The zero-order valence-electron chi connectivity index (χ0n) is 13.6. The van der Waals surface area contributed by atoms with Gasteiger partial charge in [-0.3, -0.25) is 0 Å². The minimum atomic E-state index is -3.71. The van der Waals surface area contributed by atoms with Gasteiger partial charge in [0.2, 0.25) is 15.8 Å².